The van der Waals surface area contributed by atoms with Crippen LogP contribution in [-0.2, 0) is 17.9 Å². The largest absolute Gasteiger partial charge is 0.462 e. The van der Waals surface area contributed by atoms with Gasteiger partial charge in [-0.3, -0.25) is 4.90 Å². The van der Waals surface area contributed by atoms with E-state index in [0.29, 0.717) is 25.7 Å². The second kappa shape index (κ2) is 7.25. The van der Waals surface area contributed by atoms with Gasteiger partial charge in [0.1, 0.15) is 23.9 Å². The molecule has 3 rings (SSSR count). The summed E-state index contributed by atoms with van der Waals surface area (Å²) in [6.07, 6.45) is 1.65. The van der Waals surface area contributed by atoms with E-state index in [4.69, 9.17) is 9.15 Å². The Labute approximate surface area is 135 Å². The average Bonchev–Trinajstić information content (AvgIpc) is 3.29. The van der Waals surface area contributed by atoms with Crippen molar-refractivity contribution in [2.24, 2.45) is 0 Å². The molecule has 5 heteroatoms. The molecular formula is C18H22FNO3. The van der Waals surface area contributed by atoms with Crippen LogP contribution in [0.5, 0.6) is 0 Å². The molecule has 2 aromatic rings. The lowest BCUT2D eigenvalue weighted by Crippen LogP contribution is -2.30. The fourth-order valence-electron chi connectivity index (χ4n) is 2.72. The molecule has 124 valence electrons. The molecule has 1 atom stereocenters. The van der Waals surface area contributed by atoms with Gasteiger partial charge in [0.2, 0.25) is 0 Å². The first-order valence-corrected chi connectivity index (χ1v) is 7.90. The van der Waals surface area contributed by atoms with Crippen LogP contribution in [0.15, 0.2) is 40.8 Å². The number of aliphatic hydroxyl groups is 1. The molecule has 1 saturated carbocycles. The zero-order chi connectivity index (χ0) is 16.2. The second-order valence-electron chi connectivity index (χ2n) is 6.03. The summed E-state index contributed by atoms with van der Waals surface area (Å²) in [4.78, 5) is 2.23. The van der Waals surface area contributed by atoms with Crippen molar-refractivity contribution < 1.29 is 18.7 Å². The molecule has 1 aromatic heterocycles. The molecule has 1 fully saturated rings. The summed E-state index contributed by atoms with van der Waals surface area (Å²) in [5.74, 6) is 1.38. The predicted molar refractivity (Wildman–Crippen MR) is 84.2 cm³/mol. The van der Waals surface area contributed by atoms with Gasteiger partial charge in [-0.2, -0.15) is 0 Å². The Bertz CT molecular complexity index is 621. The number of furan rings is 1. The van der Waals surface area contributed by atoms with Gasteiger partial charge in [0.25, 0.3) is 0 Å². The van der Waals surface area contributed by atoms with Crippen LogP contribution in [0.3, 0.4) is 0 Å². The normalized spacial score (nSPS) is 16.0. The third-order valence-electron chi connectivity index (χ3n) is 4.09. The Morgan fingerprint density at radius 1 is 1.22 bits per heavy atom. The van der Waals surface area contributed by atoms with Gasteiger partial charge in [-0.1, -0.05) is 12.1 Å². The van der Waals surface area contributed by atoms with E-state index < -0.39 is 6.10 Å². The Hall–Kier alpha value is -1.69. The van der Waals surface area contributed by atoms with E-state index in [9.17, 15) is 9.50 Å². The number of aliphatic hydroxyl groups excluding tert-OH is 1. The molecule has 0 saturated heterocycles. The fourth-order valence-corrected chi connectivity index (χ4v) is 2.72. The van der Waals surface area contributed by atoms with E-state index in [-0.39, 0.29) is 5.82 Å². The number of ether oxygens (including phenoxy) is 1. The van der Waals surface area contributed by atoms with Crippen molar-refractivity contribution in [3.05, 3.63) is 59.3 Å². The number of benzene rings is 1. The number of hydrogen-bond acceptors (Lipinski definition) is 4. The molecule has 0 radical (unpaired) electrons. The monoisotopic (exact) mass is 319 g/mol. The highest BCUT2D eigenvalue weighted by atomic mass is 19.1. The molecule has 1 unspecified atom stereocenters. The van der Waals surface area contributed by atoms with E-state index >= 15 is 0 Å². The number of rotatable bonds is 8. The summed E-state index contributed by atoms with van der Waals surface area (Å²) in [6, 6.07) is 10.4. The van der Waals surface area contributed by atoms with Crippen molar-refractivity contribution >= 4 is 0 Å². The lowest BCUT2D eigenvalue weighted by atomic mass is 10.1. The molecular weight excluding hydrogens is 297 g/mol. The van der Waals surface area contributed by atoms with Crippen LogP contribution in [0.25, 0.3) is 0 Å². The van der Waals surface area contributed by atoms with Crippen molar-refractivity contribution in [1.29, 1.82) is 0 Å². The molecule has 1 aromatic carbocycles. The minimum atomic E-state index is -0.635. The zero-order valence-corrected chi connectivity index (χ0v) is 13.2. The van der Waals surface area contributed by atoms with Gasteiger partial charge in [-0.05, 0) is 42.7 Å². The van der Waals surface area contributed by atoms with Crippen molar-refractivity contribution in [2.45, 2.75) is 38.1 Å². The number of methoxy groups -OCH3 is 1. The van der Waals surface area contributed by atoms with Crippen molar-refractivity contribution in [2.75, 3.05) is 13.7 Å². The summed E-state index contributed by atoms with van der Waals surface area (Å²) in [6.45, 7) is 1.63. The standard InChI is InChI=1S/C18H22FNO3/c1-22-12-17-9-8-16(23-17)10-20(15-6-7-15)11-18(21)13-2-4-14(19)5-3-13/h2-5,8-9,15,18,21H,6-7,10-12H2,1H3. The SMILES string of the molecule is COCc1ccc(CN(CC(O)c2ccc(F)cc2)C2CC2)o1. The number of nitrogens with zero attached hydrogens (tertiary/aromatic N) is 1. The van der Waals surface area contributed by atoms with Gasteiger partial charge in [-0.15, -0.1) is 0 Å². The quantitative estimate of drug-likeness (QED) is 0.811. The van der Waals surface area contributed by atoms with Crippen molar-refractivity contribution in [3.8, 4) is 0 Å². The minimum absolute atomic E-state index is 0.291. The summed E-state index contributed by atoms with van der Waals surface area (Å²) >= 11 is 0. The van der Waals surface area contributed by atoms with Gasteiger partial charge in [-0.25, -0.2) is 4.39 Å². The van der Waals surface area contributed by atoms with E-state index in [2.05, 4.69) is 4.90 Å². The maximum Gasteiger partial charge on any atom is 0.129 e. The first-order valence-electron chi connectivity index (χ1n) is 7.90. The average molecular weight is 319 g/mol. The summed E-state index contributed by atoms with van der Waals surface area (Å²) < 4.78 is 23.8. The molecule has 0 spiro atoms. The van der Waals surface area contributed by atoms with Crippen molar-refractivity contribution in [3.63, 3.8) is 0 Å². The minimum Gasteiger partial charge on any atom is -0.462 e. The Morgan fingerprint density at radius 2 is 1.91 bits per heavy atom. The van der Waals surface area contributed by atoms with Gasteiger partial charge >= 0.3 is 0 Å². The molecule has 1 heterocycles. The lowest BCUT2D eigenvalue weighted by Gasteiger charge is -2.24. The van der Waals surface area contributed by atoms with Crippen LogP contribution < -0.4 is 0 Å². The van der Waals surface area contributed by atoms with Crippen LogP contribution >= 0.6 is 0 Å². The third kappa shape index (κ3) is 4.41. The molecule has 1 aliphatic rings. The second-order valence-corrected chi connectivity index (χ2v) is 6.03. The maximum atomic E-state index is 13.0. The predicted octanol–water partition coefficient (Wildman–Crippen LogP) is 3.26. The Morgan fingerprint density at radius 3 is 2.57 bits per heavy atom. The molecule has 0 bridgehead atoms. The molecule has 23 heavy (non-hydrogen) atoms. The molecule has 0 aliphatic heterocycles. The molecule has 1 N–H and O–H groups in total. The van der Waals surface area contributed by atoms with E-state index in [1.54, 1.807) is 19.2 Å². The summed E-state index contributed by atoms with van der Waals surface area (Å²) in [7, 11) is 1.64. The van der Waals surface area contributed by atoms with Crippen molar-refractivity contribution in [1.82, 2.24) is 4.90 Å². The zero-order valence-electron chi connectivity index (χ0n) is 13.2. The smallest absolute Gasteiger partial charge is 0.129 e. The topological polar surface area (TPSA) is 45.8 Å². The third-order valence-corrected chi connectivity index (χ3v) is 4.09. The van der Waals surface area contributed by atoms with Gasteiger partial charge in [0.05, 0.1) is 12.6 Å². The first kappa shape index (κ1) is 16.2. The number of halogens is 1. The highest BCUT2D eigenvalue weighted by Crippen LogP contribution is 2.30. The van der Waals surface area contributed by atoms with E-state index in [1.165, 1.54) is 12.1 Å². The fraction of sp³-hybridized carbons (Fsp3) is 0.444. The first-order chi connectivity index (χ1) is 11.2. The van der Waals surface area contributed by atoms with Crippen LogP contribution in [0.2, 0.25) is 0 Å². The van der Waals surface area contributed by atoms with E-state index in [1.807, 2.05) is 12.1 Å². The van der Waals surface area contributed by atoms with Gasteiger partial charge in [0.15, 0.2) is 0 Å². The highest BCUT2D eigenvalue weighted by molar-refractivity contribution is 5.19. The molecule has 4 nitrogen and oxygen atoms in total. The van der Waals surface area contributed by atoms with Gasteiger partial charge < -0.3 is 14.3 Å². The molecule has 1 aliphatic carbocycles. The Kier molecular flexibility index (Phi) is 5.10. The number of hydrogen-bond donors (Lipinski definition) is 1. The van der Waals surface area contributed by atoms with Crippen LogP contribution in [-0.4, -0.2) is 29.7 Å². The summed E-state index contributed by atoms with van der Waals surface area (Å²) in [5.41, 5.74) is 0.733. The van der Waals surface area contributed by atoms with Crippen LogP contribution in [0.4, 0.5) is 4.39 Å². The van der Waals surface area contributed by atoms with Gasteiger partial charge in [0, 0.05) is 19.7 Å². The van der Waals surface area contributed by atoms with Crippen LogP contribution in [0.1, 0.15) is 36.0 Å². The van der Waals surface area contributed by atoms with E-state index in [0.717, 1.165) is 29.9 Å². The Balaban J connectivity index is 1.63. The maximum absolute atomic E-state index is 13.0. The molecule has 0 amide bonds. The summed E-state index contributed by atoms with van der Waals surface area (Å²) in [5, 5.41) is 10.4. The lowest BCUT2D eigenvalue weighted by molar-refractivity contribution is 0.0983. The van der Waals surface area contributed by atoms with Crippen LogP contribution in [0, 0.1) is 5.82 Å². The highest BCUT2D eigenvalue weighted by Gasteiger charge is 2.31.